The number of hydrogen-bond acceptors (Lipinski definition) is 7. The van der Waals surface area contributed by atoms with E-state index in [2.05, 4.69) is 26.0 Å². The van der Waals surface area contributed by atoms with E-state index < -0.39 is 11.9 Å². The van der Waals surface area contributed by atoms with Crippen LogP contribution in [0.1, 0.15) is 12.0 Å². The highest BCUT2D eigenvalue weighted by Gasteiger charge is 2.14. The number of anilines is 1. The maximum absolute atomic E-state index is 13.4. The molecule has 2 heterocycles. The molecule has 31 heavy (non-hydrogen) atoms. The topological polar surface area (TPSA) is 120 Å². The summed E-state index contributed by atoms with van der Waals surface area (Å²) >= 11 is 0. The Morgan fingerprint density at radius 3 is 2.74 bits per heavy atom. The first kappa shape index (κ1) is 20.3. The van der Waals surface area contributed by atoms with Gasteiger partial charge in [0, 0.05) is 23.7 Å². The predicted octanol–water partition coefficient (Wildman–Crippen LogP) is 2.30. The van der Waals surface area contributed by atoms with Crippen LogP contribution in [0.15, 0.2) is 36.4 Å². The van der Waals surface area contributed by atoms with Gasteiger partial charge in [0.15, 0.2) is 11.5 Å². The van der Waals surface area contributed by atoms with Crippen LogP contribution in [0.5, 0.6) is 11.5 Å². The fourth-order valence-corrected chi connectivity index (χ4v) is 2.91. The average Bonchev–Trinajstić information content (AvgIpc) is 3.23. The number of aromatic nitrogens is 4. The Morgan fingerprint density at radius 1 is 1.13 bits per heavy atom. The van der Waals surface area contributed by atoms with Gasteiger partial charge in [-0.15, -0.1) is 10.2 Å². The molecular formula is C20H19FN6O4. The lowest BCUT2D eigenvalue weighted by Gasteiger charge is -2.19. The van der Waals surface area contributed by atoms with E-state index in [9.17, 15) is 14.0 Å². The van der Waals surface area contributed by atoms with Crippen LogP contribution < -0.4 is 20.1 Å². The Bertz CT molecular complexity index is 1130. The van der Waals surface area contributed by atoms with Crippen LogP contribution >= 0.6 is 0 Å². The number of fused-ring (bicyclic) bond motifs is 1. The molecule has 1 aliphatic rings. The van der Waals surface area contributed by atoms with Gasteiger partial charge in [-0.25, -0.2) is 9.18 Å². The molecular weight excluding hydrogens is 407 g/mol. The van der Waals surface area contributed by atoms with Crippen LogP contribution in [0, 0.1) is 12.7 Å². The zero-order valence-corrected chi connectivity index (χ0v) is 16.6. The first-order valence-corrected chi connectivity index (χ1v) is 9.53. The highest BCUT2D eigenvalue weighted by Crippen LogP contribution is 2.32. The molecule has 0 aliphatic carbocycles. The SMILES string of the molecule is Cc1cc(-c2nnn(CCC(=O)NC(=O)Nc3ccc4c(c3)OCCO4)n2)ccc1F. The summed E-state index contributed by atoms with van der Waals surface area (Å²) in [6, 6.07) is 8.79. The standard InChI is InChI=1S/C20H19FN6O4/c1-12-10-13(2-4-15(12)21)19-24-26-27(25-19)7-6-18(28)23-20(29)22-14-3-5-16-17(11-14)31-9-8-30-16/h2-5,10-11H,6-9H2,1H3,(H2,22,23,28,29). The number of carbonyl (C=O) groups is 2. The highest BCUT2D eigenvalue weighted by molar-refractivity contribution is 6.01. The minimum atomic E-state index is -0.671. The lowest BCUT2D eigenvalue weighted by atomic mass is 10.1. The summed E-state index contributed by atoms with van der Waals surface area (Å²) in [5.74, 6) is 0.622. The smallest absolute Gasteiger partial charge is 0.325 e. The molecule has 0 saturated heterocycles. The van der Waals surface area contributed by atoms with Crippen LogP contribution in [0.25, 0.3) is 11.4 Å². The fraction of sp³-hybridized carbons (Fsp3) is 0.250. The van der Waals surface area contributed by atoms with E-state index >= 15 is 0 Å². The monoisotopic (exact) mass is 426 g/mol. The molecule has 0 unspecified atom stereocenters. The molecule has 4 rings (SSSR count). The number of urea groups is 1. The lowest BCUT2D eigenvalue weighted by molar-refractivity contribution is -0.120. The van der Waals surface area contributed by atoms with Crippen LogP contribution in [0.3, 0.4) is 0 Å². The minimum Gasteiger partial charge on any atom is -0.486 e. The molecule has 160 valence electrons. The number of amides is 3. The summed E-state index contributed by atoms with van der Waals surface area (Å²) in [5, 5.41) is 16.8. The number of benzene rings is 2. The van der Waals surface area contributed by atoms with E-state index in [0.29, 0.717) is 47.4 Å². The van der Waals surface area contributed by atoms with E-state index in [4.69, 9.17) is 9.47 Å². The molecule has 2 aromatic carbocycles. The normalized spacial score (nSPS) is 12.3. The number of ether oxygens (including phenoxy) is 2. The zero-order valence-electron chi connectivity index (χ0n) is 16.6. The third-order valence-electron chi connectivity index (χ3n) is 4.46. The van der Waals surface area contributed by atoms with Gasteiger partial charge in [0.25, 0.3) is 0 Å². The minimum absolute atomic E-state index is 0.0349. The molecule has 0 radical (unpaired) electrons. The zero-order chi connectivity index (χ0) is 21.8. The van der Waals surface area contributed by atoms with E-state index in [1.165, 1.54) is 10.9 Å². The second-order valence-electron chi connectivity index (χ2n) is 6.78. The molecule has 0 fully saturated rings. The fourth-order valence-electron chi connectivity index (χ4n) is 2.91. The van der Waals surface area contributed by atoms with Crippen molar-refractivity contribution < 1.29 is 23.5 Å². The van der Waals surface area contributed by atoms with Crippen molar-refractivity contribution in [2.45, 2.75) is 19.9 Å². The van der Waals surface area contributed by atoms with Crippen LogP contribution in [-0.4, -0.2) is 45.4 Å². The van der Waals surface area contributed by atoms with Gasteiger partial charge >= 0.3 is 6.03 Å². The van der Waals surface area contributed by atoms with Crippen molar-refractivity contribution in [3.05, 3.63) is 47.8 Å². The Morgan fingerprint density at radius 2 is 1.94 bits per heavy atom. The number of aryl methyl sites for hydroxylation is 2. The van der Waals surface area contributed by atoms with Crippen molar-refractivity contribution in [3.8, 4) is 22.9 Å². The van der Waals surface area contributed by atoms with Crippen LogP contribution in [-0.2, 0) is 11.3 Å². The number of nitrogens with zero attached hydrogens (tertiary/aromatic N) is 4. The highest BCUT2D eigenvalue weighted by atomic mass is 19.1. The molecule has 2 N–H and O–H groups in total. The maximum atomic E-state index is 13.4. The quantitative estimate of drug-likeness (QED) is 0.642. The number of halogens is 1. The first-order chi connectivity index (χ1) is 15.0. The summed E-state index contributed by atoms with van der Waals surface area (Å²) < 4.78 is 24.3. The summed E-state index contributed by atoms with van der Waals surface area (Å²) in [4.78, 5) is 25.4. The third kappa shape index (κ3) is 4.94. The summed E-state index contributed by atoms with van der Waals surface area (Å²) in [6.45, 7) is 2.67. The number of imide groups is 1. The predicted molar refractivity (Wildman–Crippen MR) is 107 cm³/mol. The van der Waals surface area contributed by atoms with Gasteiger partial charge in [-0.05, 0) is 48.0 Å². The number of rotatable bonds is 5. The van der Waals surface area contributed by atoms with Gasteiger partial charge in [-0.1, -0.05) is 0 Å². The Hall–Kier alpha value is -4.02. The Balaban J connectivity index is 1.28. The molecule has 10 nitrogen and oxygen atoms in total. The van der Waals surface area contributed by atoms with Gasteiger partial charge < -0.3 is 14.8 Å². The molecule has 1 aromatic heterocycles. The van der Waals surface area contributed by atoms with E-state index in [-0.39, 0.29) is 18.8 Å². The summed E-state index contributed by atoms with van der Waals surface area (Å²) in [5.41, 5.74) is 1.55. The number of nitrogens with one attached hydrogen (secondary N) is 2. The van der Waals surface area contributed by atoms with Crippen molar-refractivity contribution in [2.24, 2.45) is 0 Å². The maximum Gasteiger partial charge on any atom is 0.325 e. The van der Waals surface area contributed by atoms with Crippen molar-refractivity contribution >= 4 is 17.6 Å². The third-order valence-corrected chi connectivity index (χ3v) is 4.46. The average molecular weight is 426 g/mol. The van der Waals surface area contributed by atoms with Crippen molar-refractivity contribution in [1.29, 1.82) is 0 Å². The molecule has 0 saturated carbocycles. The van der Waals surface area contributed by atoms with Crippen LogP contribution in [0.2, 0.25) is 0 Å². The second-order valence-corrected chi connectivity index (χ2v) is 6.78. The molecule has 1 aliphatic heterocycles. The van der Waals surface area contributed by atoms with Crippen molar-refractivity contribution in [3.63, 3.8) is 0 Å². The van der Waals surface area contributed by atoms with E-state index in [1.807, 2.05) is 0 Å². The molecule has 0 atom stereocenters. The number of tetrazole rings is 1. The number of hydrogen-bond donors (Lipinski definition) is 2. The van der Waals surface area contributed by atoms with Crippen LogP contribution in [0.4, 0.5) is 14.9 Å². The molecule has 3 amide bonds. The Kier molecular flexibility index (Phi) is 5.74. The molecule has 11 heteroatoms. The summed E-state index contributed by atoms with van der Waals surface area (Å²) in [7, 11) is 0. The molecule has 3 aromatic rings. The largest absolute Gasteiger partial charge is 0.486 e. The van der Waals surface area contributed by atoms with Crippen molar-refractivity contribution in [2.75, 3.05) is 18.5 Å². The summed E-state index contributed by atoms with van der Waals surface area (Å²) in [6.07, 6.45) is -0.0349. The second kappa shape index (κ2) is 8.78. The van der Waals surface area contributed by atoms with E-state index in [1.54, 1.807) is 37.3 Å². The Labute approximate surface area is 176 Å². The van der Waals surface area contributed by atoms with Gasteiger partial charge in [0.1, 0.15) is 19.0 Å². The van der Waals surface area contributed by atoms with Gasteiger partial charge in [0.2, 0.25) is 11.7 Å². The van der Waals surface area contributed by atoms with E-state index in [0.717, 1.165) is 0 Å². The lowest BCUT2D eigenvalue weighted by Crippen LogP contribution is -2.35. The first-order valence-electron chi connectivity index (χ1n) is 9.53. The number of carbonyl (C=O) groups excluding carboxylic acids is 2. The van der Waals surface area contributed by atoms with Crippen molar-refractivity contribution in [1.82, 2.24) is 25.5 Å². The van der Waals surface area contributed by atoms with Gasteiger partial charge in [-0.2, -0.15) is 4.80 Å². The van der Waals surface area contributed by atoms with Gasteiger partial charge in [-0.3, -0.25) is 10.1 Å². The van der Waals surface area contributed by atoms with Gasteiger partial charge in [0.05, 0.1) is 6.54 Å². The molecule has 0 bridgehead atoms. The molecule has 0 spiro atoms.